The Hall–Kier alpha value is -4.32. The molecule has 1 heterocycles. The lowest BCUT2D eigenvalue weighted by Gasteiger charge is -2.13. The van der Waals surface area contributed by atoms with Crippen LogP contribution in [0.25, 0.3) is 22.5 Å². The van der Waals surface area contributed by atoms with Crippen molar-refractivity contribution in [2.75, 3.05) is 6.61 Å². The number of Topliss-reactive ketones (excluding diaryl/α,β-unsaturated/α-hetero) is 1. The second-order valence-electron chi connectivity index (χ2n) is 11.1. The van der Waals surface area contributed by atoms with Crippen molar-refractivity contribution in [1.82, 2.24) is 9.97 Å². The molecule has 6 nitrogen and oxygen atoms in total. The van der Waals surface area contributed by atoms with Crippen LogP contribution in [0.4, 0.5) is 0 Å². The molecule has 6 heteroatoms. The summed E-state index contributed by atoms with van der Waals surface area (Å²) in [5, 5.41) is 9.81. The lowest BCUT2D eigenvalue weighted by atomic mass is 9.91. The molecule has 43 heavy (non-hydrogen) atoms. The van der Waals surface area contributed by atoms with Gasteiger partial charge in [0.25, 0.3) is 0 Å². The minimum Gasteiger partial charge on any atom is -0.494 e. The number of ketones is 1. The lowest BCUT2D eigenvalue weighted by molar-refractivity contribution is -0.141. The van der Waals surface area contributed by atoms with Gasteiger partial charge in [0.05, 0.1) is 12.5 Å². The third-order valence-electron chi connectivity index (χ3n) is 7.65. The predicted molar refractivity (Wildman–Crippen MR) is 171 cm³/mol. The van der Waals surface area contributed by atoms with Crippen LogP contribution in [0.5, 0.6) is 5.75 Å². The number of benzene rings is 3. The second kappa shape index (κ2) is 16.4. The van der Waals surface area contributed by atoms with E-state index in [0.29, 0.717) is 11.4 Å². The predicted octanol–water partition coefficient (Wildman–Crippen LogP) is 8.63. The topological polar surface area (TPSA) is 89.4 Å². The minimum atomic E-state index is -0.971. The summed E-state index contributed by atoms with van der Waals surface area (Å²) < 4.78 is 5.87. The van der Waals surface area contributed by atoms with Crippen LogP contribution >= 0.6 is 0 Å². The first kappa shape index (κ1) is 31.6. The number of aromatic nitrogens is 2. The highest BCUT2D eigenvalue weighted by atomic mass is 16.5. The largest absolute Gasteiger partial charge is 0.494 e. The highest BCUT2D eigenvalue weighted by molar-refractivity contribution is 5.98. The van der Waals surface area contributed by atoms with E-state index in [2.05, 4.69) is 23.8 Å². The molecule has 3 aromatic carbocycles. The zero-order chi connectivity index (χ0) is 30.4. The monoisotopic (exact) mass is 578 g/mol. The Labute approximate surface area is 255 Å². The number of rotatable bonds is 17. The number of aryl methyl sites for hydroxylation is 1. The van der Waals surface area contributed by atoms with E-state index in [1.807, 2.05) is 60.7 Å². The highest BCUT2D eigenvalue weighted by Gasteiger charge is 2.22. The van der Waals surface area contributed by atoms with Crippen molar-refractivity contribution in [3.05, 3.63) is 102 Å². The maximum absolute atomic E-state index is 12.8. The smallest absolute Gasteiger partial charge is 0.307 e. The van der Waals surface area contributed by atoms with Crippen LogP contribution in [-0.4, -0.2) is 33.4 Å². The van der Waals surface area contributed by atoms with Crippen LogP contribution in [0.1, 0.15) is 80.3 Å². The number of hydrogen-bond acceptors (Lipinski definition) is 5. The fraction of sp³-hybridized carbons (Fsp3) is 0.351. The van der Waals surface area contributed by atoms with Gasteiger partial charge < -0.3 is 9.84 Å². The summed E-state index contributed by atoms with van der Waals surface area (Å²) in [5.41, 5.74) is 5.36. The first-order valence-electron chi connectivity index (χ1n) is 15.5. The van der Waals surface area contributed by atoms with E-state index in [0.717, 1.165) is 53.9 Å². The molecule has 0 saturated carbocycles. The van der Waals surface area contributed by atoms with Crippen molar-refractivity contribution in [2.24, 2.45) is 5.92 Å². The zero-order valence-corrected chi connectivity index (χ0v) is 25.3. The van der Waals surface area contributed by atoms with E-state index >= 15 is 0 Å². The summed E-state index contributed by atoms with van der Waals surface area (Å²) in [6.07, 6.45) is 11.9. The summed E-state index contributed by atoms with van der Waals surface area (Å²) in [7, 11) is 0. The summed E-state index contributed by atoms with van der Waals surface area (Å²) in [6, 6.07) is 23.0. The molecule has 0 aliphatic rings. The highest BCUT2D eigenvalue weighted by Crippen LogP contribution is 2.24. The number of unbranched alkanes of at least 4 members (excludes halogenated alkanes) is 4. The third-order valence-corrected chi connectivity index (χ3v) is 7.65. The second-order valence-corrected chi connectivity index (χ2v) is 11.1. The average Bonchev–Trinajstić information content (AvgIpc) is 3.03. The van der Waals surface area contributed by atoms with Gasteiger partial charge in [-0.25, -0.2) is 9.97 Å². The molecule has 0 fully saturated rings. The lowest BCUT2D eigenvalue weighted by Crippen LogP contribution is -2.20. The number of carboxylic acid groups (broad SMARTS) is 1. The molecule has 0 aliphatic carbocycles. The quantitative estimate of drug-likeness (QED) is 0.0996. The molecule has 0 bridgehead atoms. The van der Waals surface area contributed by atoms with Crippen LogP contribution in [0.15, 0.2) is 85.2 Å². The number of carboxylic acids is 1. The molecule has 0 spiro atoms. The maximum atomic E-state index is 12.8. The average molecular weight is 579 g/mol. The van der Waals surface area contributed by atoms with Gasteiger partial charge in [-0.05, 0) is 48.1 Å². The van der Waals surface area contributed by atoms with Crippen molar-refractivity contribution in [3.8, 4) is 28.3 Å². The van der Waals surface area contributed by atoms with Gasteiger partial charge in [-0.15, -0.1) is 0 Å². The van der Waals surface area contributed by atoms with Gasteiger partial charge in [0.1, 0.15) is 5.75 Å². The number of nitrogens with zero attached hydrogens (tertiary/aromatic N) is 2. The molecule has 4 aromatic rings. The molecule has 1 aromatic heterocycles. The molecule has 1 atom stereocenters. The van der Waals surface area contributed by atoms with Crippen molar-refractivity contribution in [3.63, 3.8) is 0 Å². The zero-order valence-electron chi connectivity index (χ0n) is 25.3. The Morgan fingerprint density at radius 3 is 1.98 bits per heavy atom. The molecule has 0 saturated heterocycles. The Balaban J connectivity index is 1.31. The Morgan fingerprint density at radius 2 is 1.35 bits per heavy atom. The van der Waals surface area contributed by atoms with Gasteiger partial charge in [-0.1, -0.05) is 107 Å². The van der Waals surface area contributed by atoms with Crippen LogP contribution in [0, 0.1) is 5.92 Å². The van der Waals surface area contributed by atoms with E-state index in [4.69, 9.17) is 4.74 Å². The standard InChI is InChI=1S/C37H42N2O4/c1-3-5-6-7-8-22-43-34-20-18-29(19-21-34)33-25-38-36(39-26-33)31-16-12-28(13-17-31)23-32(37(41)42)24-35(40)30-14-10-27(9-4-2)11-15-30/h10-21,25-26,32H,3-9,22-24H2,1-2H3,(H,41,42)/t32-/m1/s1. The molecule has 224 valence electrons. The van der Waals surface area contributed by atoms with Crippen LogP contribution in [0.3, 0.4) is 0 Å². The number of carbonyl (C=O) groups is 2. The van der Waals surface area contributed by atoms with Crippen molar-refractivity contribution >= 4 is 11.8 Å². The first-order valence-corrected chi connectivity index (χ1v) is 15.5. The van der Waals surface area contributed by atoms with Crippen molar-refractivity contribution < 1.29 is 19.4 Å². The normalized spacial score (nSPS) is 11.7. The molecular formula is C37H42N2O4. The van der Waals surface area contributed by atoms with E-state index in [9.17, 15) is 14.7 Å². The number of carbonyl (C=O) groups excluding carboxylic acids is 1. The van der Waals surface area contributed by atoms with Gasteiger partial charge in [0.2, 0.25) is 0 Å². The Morgan fingerprint density at radius 1 is 0.721 bits per heavy atom. The van der Waals surface area contributed by atoms with Gasteiger partial charge in [-0.3, -0.25) is 9.59 Å². The molecule has 0 amide bonds. The van der Waals surface area contributed by atoms with Gasteiger partial charge in [-0.2, -0.15) is 0 Å². The maximum Gasteiger partial charge on any atom is 0.307 e. The fourth-order valence-electron chi connectivity index (χ4n) is 5.07. The van der Waals surface area contributed by atoms with Crippen molar-refractivity contribution in [2.45, 2.75) is 71.6 Å². The Bertz CT molecular complexity index is 1430. The first-order chi connectivity index (χ1) is 21.0. The molecule has 0 unspecified atom stereocenters. The fourth-order valence-corrected chi connectivity index (χ4v) is 5.07. The number of ether oxygens (including phenoxy) is 1. The van der Waals surface area contributed by atoms with Crippen molar-refractivity contribution in [1.29, 1.82) is 0 Å². The Kier molecular flexibility index (Phi) is 12.0. The summed E-state index contributed by atoms with van der Waals surface area (Å²) >= 11 is 0. The van der Waals surface area contributed by atoms with Gasteiger partial charge >= 0.3 is 5.97 Å². The van der Waals surface area contributed by atoms with Crippen LogP contribution in [0.2, 0.25) is 0 Å². The van der Waals surface area contributed by atoms with E-state index in [1.54, 1.807) is 24.5 Å². The molecular weight excluding hydrogens is 536 g/mol. The third kappa shape index (κ3) is 9.60. The molecule has 1 N–H and O–H groups in total. The molecule has 4 rings (SSSR count). The minimum absolute atomic E-state index is 0.0407. The van der Waals surface area contributed by atoms with Gasteiger partial charge in [0.15, 0.2) is 11.6 Å². The number of aliphatic carboxylic acids is 1. The van der Waals surface area contributed by atoms with Gasteiger partial charge in [0, 0.05) is 35.5 Å². The van der Waals surface area contributed by atoms with E-state index < -0.39 is 11.9 Å². The molecule has 0 aliphatic heterocycles. The van der Waals surface area contributed by atoms with Crippen LogP contribution in [-0.2, 0) is 17.6 Å². The summed E-state index contributed by atoms with van der Waals surface area (Å²) in [6.45, 7) is 5.07. The SMILES string of the molecule is CCCCCCCOc1ccc(-c2cnc(-c3ccc(C[C@H](CC(=O)c4ccc(CCC)cc4)C(=O)O)cc3)nc2)cc1. The summed E-state index contributed by atoms with van der Waals surface area (Å²) in [4.78, 5) is 33.9. The number of hydrogen-bond donors (Lipinski definition) is 1. The van der Waals surface area contributed by atoms with E-state index in [-0.39, 0.29) is 18.6 Å². The molecule has 0 radical (unpaired) electrons. The summed E-state index contributed by atoms with van der Waals surface area (Å²) in [5.74, 6) is -0.462. The van der Waals surface area contributed by atoms with Crippen LogP contribution < -0.4 is 4.74 Å². The van der Waals surface area contributed by atoms with E-state index in [1.165, 1.54) is 31.2 Å².